The molecule has 0 heterocycles. The highest BCUT2D eigenvalue weighted by Gasteiger charge is 2.60. The van der Waals surface area contributed by atoms with Crippen molar-refractivity contribution in [3.05, 3.63) is 35.9 Å². The smallest absolute Gasteiger partial charge is 0.0900 e. The lowest BCUT2D eigenvalue weighted by molar-refractivity contribution is -0.113. The van der Waals surface area contributed by atoms with Crippen molar-refractivity contribution in [2.75, 3.05) is 26.3 Å². The highest BCUT2D eigenvalue weighted by Crippen LogP contribution is 2.63. The standard InChI is InChI=1S/C22H35NO3/c1-21(2)18-9-10-22(3,13-18)20(21)26-16-19(25)15-23(11-12-24)14-17-7-5-4-6-8-17/h4-8,18-20,24-25H,9-16H2,1-3H3/t18-,19-,20-,22+/m0/s1. The predicted octanol–water partition coefficient (Wildman–Crippen LogP) is 3.07. The molecule has 1 aromatic carbocycles. The molecule has 1 aromatic rings. The van der Waals surface area contributed by atoms with Gasteiger partial charge in [-0.3, -0.25) is 4.90 Å². The normalized spacial score (nSPS) is 30.8. The first kappa shape index (κ1) is 19.8. The fourth-order valence-electron chi connectivity index (χ4n) is 5.45. The highest BCUT2D eigenvalue weighted by molar-refractivity contribution is 5.14. The zero-order chi connectivity index (χ0) is 18.8. The molecular weight excluding hydrogens is 326 g/mol. The molecule has 2 bridgehead atoms. The van der Waals surface area contributed by atoms with Gasteiger partial charge < -0.3 is 14.9 Å². The van der Waals surface area contributed by atoms with Crippen molar-refractivity contribution in [3.63, 3.8) is 0 Å². The molecule has 0 unspecified atom stereocenters. The third-order valence-corrected chi connectivity index (χ3v) is 6.73. The largest absolute Gasteiger partial charge is 0.395 e. The Morgan fingerprint density at radius 2 is 1.96 bits per heavy atom. The van der Waals surface area contributed by atoms with Gasteiger partial charge in [0.05, 0.1) is 25.4 Å². The van der Waals surface area contributed by atoms with Gasteiger partial charge in [0, 0.05) is 19.6 Å². The molecule has 2 saturated carbocycles. The number of hydrogen-bond acceptors (Lipinski definition) is 4. The second kappa shape index (κ2) is 7.97. The van der Waals surface area contributed by atoms with Crippen LogP contribution in [0.5, 0.6) is 0 Å². The number of fused-ring (bicyclic) bond motifs is 2. The number of ether oxygens (including phenoxy) is 1. The van der Waals surface area contributed by atoms with E-state index in [-0.39, 0.29) is 23.5 Å². The van der Waals surface area contributed by atoms with Crippen LogP contribution >= 0.6 is 0 Å². The summed E-state index contributed by atoms with van der Waals surface area (Å²) in [4.78, 5) is 2.09. The summed E-state index contributed by atoms with van der Waals surface area (Å²) < 4.78 is 6.31. The van der Waals surface area contributed by atoms with E-state index in [1.165, 1.54) is 24.8 Å². The zero-order valence-electron chi connectivity index (χ0n) is 16.5. The number of benzene rings is 1. The maximum Gasteiger partial charge on any atom is 0.0900 e. The predicted molar refractivity (Wildman–Crippen MR) is 104 cm³/mol. The van der Waals surface area contributed by atoms with E-state index in [0.717, 1.165) is 12.5 Å². The van der Waals surface area contributed by atoms with Crippen LogP contribution in [0.2, 0.25) is 0 Å². The second-order valence-corrected chi connectivity index (χ2v) is 9.23. The summed E-state index contributed by atoms with van der Waals surface area (Å²) in [5, 5.41) is 19.9. The molecule has 4 heteroatoms. The van der Waals surface area contributed by atoms with Crippen LogP contribution < -0.4 is 0 Å². The van der Waals surface area contributed by atoms with Crippen LogP contribution in [0.1, 0.15) is 45.6 Å². The molecule has 4 nitrogen and oxygen atoms in total. The Kier molecular flexibility index (Phi) is 6.07. The second-order valence-electron chi connectivity index (χ2n) is 9.23. The van der Waals surface area contributed by atoms with E-state index in [1.807, 2.05) is 18.2 Å². The Balaban J connectivity index is 1.53. The van der Waals surface area contributed by atoms with Crippen LogP contribution in [-0.4, -0.2) is 53.6 Å². The lowest BCUT2D eigenvalue weighted by atomic mass is 9.70. The first-order chi connectivity index (χ1) is 12.3. The Bertz CT molecular complexity index is 571. The minimum atomic E-state index is -0.538. The van der Waals surface area contributed by atoms with Crippen LogP contribution in [-0.2, 0) is 11.3 Å². The molecule has 2 aliphatic rings. The fraction of sp³-hybridized carbons (Fsp3) is 0.727. The lowest BCUT2D eigenvalue weighted by Crippen LogP contribution is -2.45. The van der Waals surface area contributed by atoms with E-state index in [1.54, 1.807) is 0 Å². The zero-order valence-corrected chi connectivity index (χ0v) is 16.5. The third kappa shape index (κ3) is 4.14. The monoisotopic (exact) mass is 361 g/mol. The summed E-state index contributed by atoms with van der Waals surface area (Å²) >= 11 is 0. The summed E-state index contributed by atoms with van der Waals surface area (Å²) in [6, 6.07) is 10.2. The molecular formula is C22H35NO3. The van der Waals surface area contributed by atoms with Gasteiger partial charge in [-0.2, -0.15) is 0 Å². The number of hydrogen-bond donors (Lipinski definition) is 2. The van der Waals surface area contributed by atoms with Crippen LogP contribution in [0.4, 0.5) is 0 Å². The Morgan fingerprint density at radius 1 is 1.23 bits per heavy atom. The average molecular weight is 362 g/mol. The van der Waals surface area contributed by atoms with Gasteiger partial charge >= 0.3 is 0 Å². The number of nitrogens with zero attached hydrogens (tertiary/aromatic N) is 1. The average Bonchev–Trinajstić information content (AvgIpc) is 3.06. The molecule has 0 saturated heterocycles. The molecule has 0 aliphatic heterocycles. The Morgan fingerprint density at radius 3 is 2.58 bits per heavy atom. The first-order valence-electron chi connectivity index (χ1n) is 10.0. The van der Waals surface area contributed by atoms with Gasteiger partial charge in [-0.15, -0.1) is 0 Å². The summed E-state index contributed by atoms with van der Waals surface area (Å²) in [6.45, 7) is 9.27. The van der Waals surface area contributed by atoms with Crippen LogP contribution in [0.15, 0.2) is 30.3 Å². The van der Waals surface area contributed by atoms with Crippen molar-refractivity contribution in [1.82, 2.24) is 4.90 Å². The molecule has 0 aromatic heterocycles. The molecule has 3 rings (SSSR count). The van der Waals surface area contributed by atoms with Crippen molar-refractivity contribution in [2.24, 2.45) is 16.7 Å². The summed E-state index contributed by atoms with van der Waals surface area (Å²) in [5.74, 6) is 0.749. The van der Waals surface area contributed by atoms with Crippen molar-refractivity contribution in [2.45, 2.75) is 58.8 Å². The van der Waals surface area contributed by atoms with E-state index >= 15 is 0 Å². The minimum Gasteiger partial charge on any atom is -0.395 e. The van der Waals surface area contributed by atoms with Crippen LogP contribution in [0.3, 0.4) is 0 Å². The van der Waals surface area contributed by atoms with E-state index < -0.39 is 6.10 Å². The first-order valence-corrected chi connectivity index (χ1v) is 10.0. The summed E-state index contributed by atoms with van der Waals surface area (Å²) in [7, 11) is 0. The molecule has 26 heavy (non-hydrogen) atoms. The summed E-state index contributed by atoms with van der Waals surface area (Å²) in [5.41, 5.74) is 1.65. The number of aliphatic hydroxyl groups is 2. The van der Waals surface area contributed by atoms with Gasteiger partial charge in [0.1, 0.15) is 0 Å². The minimum absolute atomic E-state index is 0.0931. The summed E-state index contributed by atoms with van der Waals surface area (Å²) in [6.07, 6.45) is 3.50. The molecule has 146 valence electrons. The van der Waals surface area contributed by atoms with Gasteiger partial charge in [-0.25, -0.2) is 0 Å². The van der Waals surface area contributed by atoms with Crippen molar-refractivity contribution in [1.29, 1.82) is 0 Å². The van der Waals surface area contributed by atoms with Gasteiger partial charge in [0.25, 0.3) is 0 Å². The van der Waals surface area contributed by atoms with E-state index in [4.69, 9.17) is 4.74 Å². The van der Waals surface area contributed by atoms with Gasteiger partial charge in [-0.1, -0.05) is 51.1 Å². The van der Waals surface area contributed by atoms with Gasteiger partial charge in [0.15, 0.2) is 0 Å². The van der Waals surface area contributed by atoms with Crippen molar-refractivity contribution < 1.29 is 14.9 Å². The van der Waals surface area contributed by atoms with E-state index in [9.17, 15) is 10.2 Å². The Hall–Kier alpha value is -0.940. The van der Waals surface area contributed by atoms with Crippen LogP contribution in [0.25, 0.3) is 0 Å². The molecule has 0 spiro atoms. The molecule has 2 aliphatic carbocycles. The highest BCUT2D eigenvalue weighted by atomic mass is 16.5. The van der Waals surface area contributed by atoms with E-state index in [0.29, 0.717) is 19.7 Å². The maximum absolute atomic E-state index is 10.6. The molecule has 4 atom stereocenters. The van der Waals surface area contributed by atoms with Gasteiger partial charge in [0.2, 0.25) is 0 Å². The lowest BCUT2D eigenvalue weighted by Gasteiger charge is -2.42. The quantitative estimate of drug-likeness (QED) is 0.710. The Labute approximate surface area is 158 Å². The van der Waals surface area contributed by atoms with Gasteiger partial charge in [-0.05, 0) is 41.6 Å². The van der Waals surface area contributed by atoms with E-state index in [2.05, 4.69) is 37.8 Å². The topological polar surface area (TPSA) is 52.9 Å². The molecule has 2 N–H and O–H groups in total. The third-order valence-electron chi connectivity index (χ3n) is 6.73. The molecule has 0 radical (unpaired) electrons. The van der Waals surface area contributed by atoms with Crippen LogP contribution in [0, 0.1) is 16.7 Å². The van der Waals surface area contributed by atoms with Crippen molar-refractivity contribution in [3.8, 4) is 0 Å². The molecule has 0 amide bonds. The SMILES string of the molecule is CC1(C)[C@H]2CC[C@](C)(C2)[C@H]1OC[C@@H](O)CN(CCO)Cc1ccccc1. The van der Waals surface area contributed by atoms with Crippen molar-refractivity contribution >= 4 is 0 Å². The fourth-order valence-corrected chi connectivity index (χ4v) is 5.45. The molecule has 2 fully saturated rings. The number of aliphatic hydroxyl groups excluding tert-OH is 2. The number of rotatable bonds is 9. The maximum atomic E-state index is 10.6.